The molecule has 2 aliphatic rings. The monoisotopic (exact) mass is 316 g/mol. The summed E-state index contributed by atoms with van der Waals surface area (Å²) in [4.78, 5) is 12.3. The molecule has 2 aromatic rings. The van der Waals surface area contributed by atoms with Crippen LogP contribution in [0.3, 0.4) is 0 Å². The molecule has 2 fully saturated rings. The topological polar surface area (TPSA) is 34.0 Å². The number of pyridine rings is 1. The average Bonchev–Trinajstić information content (AvgIpc) is 3.19. The molecule has 0 N–H and O–H groups in total. The zero-order valence-electron chi connectivity index (χ0n) is 13.2. The zero-order chi connectivity index (χ0) is 14.9. The van der Waals surface area contributed by atoms with Crippen LogP contribution >= 0.6 is 11.8 Å². The minimum atomic E-state index is 0.480. The Hall–Kier alpha value is -1.07. The van der Waals surface area contributed by atoms with E-state index in [0.29, 0.717) is 12.1 Å². The molecule has 1 unspecified atom stereocenters. The van der Waals surface area contributed by atoms with Gasteiger partial charge in [0.15, 0.2) is 5.65 Å². The maximum absolute atomic E-state index is 5.02. The van der Waals surface area contributed by atoms with Crippen molar-refractivity contribution in [3.05, 3.63) is 24.2 Å². The summed E-state index contributed by atoms with van der Waals surface area (Å²) >= 11 is 2.08. The van der Waals surface area contributed by atoms with Gasteiger partial charge >= 0.3 is 0 Å². The second-order valence-corrected chi connectivity index (χ2v) is 7.54. The van der Waals surface area contributed by atoms with E-state index in [1.165, 1.54) is 49.6 Å². The van der Waals surface area contributed by atoms with Crippen LogP contribution in [0.2, 0.25) is 0 Å². The maximum Gasteiger partial charge on any atom is 0.160 e. The van der Waals surface area contributed by atoms with Gasteiger partial charge in [-0.2, -0.15) is 11.8 Å². The van der Waals surface area contributed by atoms with E-state index in [1.807, 2.05) is 12.3 Å². The highest BCUT2D eigenvalue weighted by Gasteiger charge is 2.32. The highest BCUT2D eigenvalue weighted by atomic mass is 32.2. The van der Waals surface area contributed by atoms with Gasteiger partial charge in [-0.25, -0.2) is 9.97 Å². The van der Waals surface area contributed by atoms with E-state index in [1.54, 1.807) is 0 Å². The minimum Gasteiger partial charge on any atom is -0.308 e. The van der Waals surface area contributed by atoms with Crippen LogP contribution in [0.15, 0.2) is 18.3 Å². The summed E-state index contributed by atoms with van der Waals surface area (Å²) in [5.74, 6) is 3.79. The van der Waals surface area contributed by atoms with Crippen molar-refractivity contribution in [1.82, 2.24) is 19.4 Å². The van der Waals surface area contributed by atoms with E-state index in [0.717, 1.165) is 17.7 Å². The summed E-state index contributed by atoms with van der Waals surface area (Å²) in [5, 5.41) is 0. The third-order valence-electron chi connectivity index (χ3n) is 5.10. The highest BCUT2D eigenvalue weighted by Crippen LogP contribution is 2.37. The SMILES string of the molecule is CCN1CCCC1c1nc2cccnc2n1C1CCSCC1. The minimum absolute atomic E-state index is 0.480. The lowest BCUT2D eigenvalue weighted by atomic mass is 10.1. The zero-order valence-corrected chi connectivity index (χ0v) is 14.1. The van der Waals surface area contributed by atoms with Crippen molar-refractivity contribution in [1.29, 1.82) is 0 Å². The first-order chi connectivity index (χ1) is 10.9. The molecule has 2 saturated heterocycles. The smallest absolute Gasteiger partial charge is 0.160 e. The molecular formula is C17H24N4S. The van der Waals surface area contributed by atoms with Crippen molar-refractivity contribution < 1.29 is 0 Å². The molecule has 0 amide bonds. The van der Waals surface area contributed by atoms with Crippen molar-refractivity contribution in [2.24, 2.45) is 0 Å². The first-order valence-corrected chi connectivity index (χ1v) is 9.68. The molecule has 118 valence electrons. The Balaban J connectivity index is 1.82. The summed E-state index contributed by atoms with van der Waals surface area (Å²) in [5.41, 5.74) is 2.16. The summed E-state index contributed by atoms with van der Waals surface area (Å²) in [6.07, 6.45) is 6.93. The summed E-state index contributed by atoms with van der Waals surface area (Å²) in [6, 6.07) is 5.18. The molecule has 0 aromatic carbocycles. The Kier molecular flexibility index (Phi) is 4.09. The normalized spacial score (nSPS) is 24.3. The van der Waals surface area contributed by atoms with Gasteiger partial charge in [0, 0.05) is 12.2 Å². The van der Waals surface area contributed by atoms with Gasteiger partial charge in [-0.15, -0.1) is 0 Å². The molecule has 0 bridgehead atoms. The quantitative estimate of drug-likeness (QED) is 0.865. The third kappa shape index (κ3) is 2.44. The fourth-order valence-corrected chi connectivity index (χ4v) is 5.06. The molecule has 4 rings (SSSR count). The Morgan fingerprint density at radius 3 is 2.95 bits per heavy atom. The van der Waals surface area contributed by atoms with Gasteiger partial charge in [-0.3, -0.25) is 4.90 Å². The van der Waals surface area contributed by atoms with Gasteiger partial charge in [0.1, 0.15) is 11.3 Å². The number of hydrogen-bond donors (Lipinski definition) is 0. The van der Waals surface area contributed by atoms with Crippen LogP contribution in [0.1, 0.15) is 50.5 Å². The van der Waals surface area contributed by atoms with E-state index in [9.17, 15) is 0 Å². The van der Waals surface area contributed by atoms with Crippen LogP contribution in [0.25, 0.3) is 11.2 Å². The van der Waals surface area contributed by atoms with E-state index in [-0.39, 0.29) is 0 Å². The molecule has 1 atom stereocenters. The van der Waals surface area contributed by atoms with Crippen molar-refractivity contribution in [2.75, 3.05) is 24.6 Å². The summed E-state index contributed by atoms with van der Waals surface area (Å²) < 4.78 is 2.49. The molecular weight excluding hydrogens is 292 g/mol. The van der Waals surface area contributed by atoms with E-state index in [4.69, 9.17) is 4.98 Å². The Morgan fingerprint density at radius 2 is 2.14 bits per heavy atom. The number of aromatic nitrogens is 3. The molecule has 4 heterocycles. The number of likely N-dealkylation sites (tertiary alicyclic amines) is 1. The number of nitrogens with zero attached hydrogens (tertiary/aromatic N) is 4. The van der Waals surface area contributed by atoms with Crippen LogP contribution in [-0.4, -0.2) is 44.0 Å². The Bertz CT molecular complexity index is 647. The molecule has 0 radical (unpaired) electrons. The lowest BCUT2D eigenvalue weighted by Crippen LogP contribution is -2.27. The van der Waals surface area contributed by atoms with Gasteiger partial charge in [0.25, 0.3) is 0 Å². The van der Waals surface area contributed by atoms with Gasteiger partial charge in [0.05, 0.1) is 6.04 Å². The molecule has 22 heavy (non-hydrogen) atoms. The van der Waals surface area contributed by atoms with Crippen LogP contribution < -0.4 is 0 Å². The third-order valence-corrected chi connectivity index (χ3v) is 6.15. The lowest BCUT2D eigenvalue weighted by Gasteiger charge is -2.29. The first-order valence-electron chi connectivity index (χ1n) is 8.53. The average molecular weight is 316 g/mol. The van der Waals surface area contributed by atoms with Crippen LogP contribution in [-0.2, 0) is 0 Å². The van der Waals surface area contributed by atoms with Crippen molar-refractivity contribution >= 4 is 22.9 Å². The maximum atomic E-state index is 5.02. The fourth-order valence-electron chi connectivity index (χ4n) is 3.98. The Labute approximate surface area is 136 Å². The van der Waals surface area contributed by atoms with Gasteiger partial charge in [-0.05, 0) is 62.4 Å². The van der Waals surface area contributed by atoms with Crippen molar-refractivity contribution in [2.45, 2.75) is 44.7 Å². The molecule has 0 spiro atoms. The number of fused-ring (bicyclic) bond motifs is 1. The summed E-state index contributed by atoms with van der Waals surface area (Å²) in [7, 11) is 0. The standard InChI is InChI=1S/C17H24N4S/c1-2-20-10-4-6-15(20)17-19-14-5-3-9-18-16(14)21(17)13-7-11-22-12-8-13/h3,5,9,13,15H,2,4,6-8,10-12H2,1H3. The van der Waals surface area contributed by atoms with Crippen molar-refractivity contribution in [3.8, 4) is 0 Å². The van der Waals surface area contributed by atoms with E-state index < -0.39 is 0 Å². The first kappa shape index (κ1) is 14.5. The van der Waals surface area contributed by atoms with Crippen LogP contribution in [0.5, 0.6) is 0 Å². The second kappa shape index (κ2) is 6.20. The van der Waals surface area contributed by atoms with Gasteiger partial charge in [0.2, 0.25) is 0 Å². The fraction of sp³-hybridized carbons (Fsp3) is 0.647. The van der Waals surface area contributed by atoms with E-state index in [2.05, 4.69) is 39.2 Å². The van der Waals surface area contributed by atoms with Gasteiger partial charge in [-0.1, -0.05) is 6.92 Å². The highest BCUT2D eigenvalue weighted by molar-refractivity contribution is 7.99. The number of hydrogen-bond acceptors (Lipinski definition) is 4. The predicted molar refractivity (Wildman–Crippen MR) is 92.3 cm³/mol. The summed E-state index contributed by atoms with van der Waals surface area (Å²) in [6.45, 7) is 4.58. The van der Waals surface area contributed by atoms with Crippen LogP contribution in [0.4, 0.5) is 0 Å². The largest absolute Gasteiger partial charge is 0.308 e. The Morgan fingerprint density at radius 1 is 1.27 bits per heavy atom. The van der Waals surface area contributed by atoms with Gasteiger partial charge < -0.3 is 4.57 Å². The van der Waals surface area contributed by atoms with Crippen molar-refractivity contribution in [3.63, 3.8) is 0 Å². The molecule has 4 nitrogen and oxygen atoms in total. The lowest BCUT2D eigenvalue weighted by molar-refractivity contribution is 0.251. The molecule has 2 aromatic heterocycles. The molecule has 0 aliphatic carbocycles. The van der Waals surface area contributed by atoms with Crippen LogP contribution in [0, 0.1) is 0 Å². The number of imidazole rings is 1. The number of rotatable bonds is 3. The molecule has 2 aliphatic heterocycles. The predicted octanol–water partition coefficient (Wildman–Crippen LogP) is 3.66. The second-order valence-electron chi connectivity index (χ2n) is 6.32. The van der Waals surface area contributed by atoms with E-state index >= 15 is 0 Å². The number of thioether (sulfide) groups is 1. The molecule has 0 saturated carbocycles. The molecule has 5 heteroatoms.